The Labute approximate surface area is 224 Å². The van der Waals surface area contributed by atoms with E-state index in [-0.39, 0.29) is 30.1 Å². The maximum absolute atomic E-state index is 10.4. The average Bonchev–Trinajstić information content (AvgIpc) is 2.88. The van der Waals surface area contributed by atoms with E-state index < -0.39 is 36.0 Å². The fraction of sp³-hybridized carbons (Fsp3) is 0.222. The van der Waals surface area contributed by atoms with Gasteiger partial charge >= 0.3 is 17.9 Å². The van der Waals surface area contributed by atoms with Crippen LogP contribution in [0.15, 0.2) is 72.8 Å². The van der Waals surface area contributed by atoms with Crippen LogP contribution in [0.2, 0.25) is 0 Å². The summed E-state index contributed by atoms with van der Waals surface area (Å²) in [5.41, 5.74) is 18.3. The number of hydrogen-bond donors (Lipinski definition) is 9. The molecule has 0 fully saturated rings. The summed E-state index contributed by atoms with van der Waals surface area (Å²) in [5, 5.41) is 52.6. The van der Waals surface area contributed by atoms with Gasteiger partial charge in [0.05, 0.1) is 0 Å². The van der Waals surface area contributed by atoms with Gasteiger partial charge in [-0.15, -0.1) is 0 Å². The predicted octanol–water partition coefficient (Wildman–Crippen LogP) is 1.04. The van der Waals surface area contributed by atoms with Crippen molar-refractivity contribution < 1.29 is 45.0 Å². The second-order valence-corrected chi connectivity index (χ2v) is 8.42. The average molecular weight is 544 g/mol. The zero-order chi connectivity index (χ0) is 29.5. The minimum atomic E-state index is -1.10. The highest BCUT2D eigenvalue weighted by molar-refractivity contribution is 5.74. The van der Waals surface area contributed by atoms with Gasteiger partial charge in [0.2, 0.25) is 0 Å². The third-order valence-electron chi connectivity index (χ3n) is 5.14. The summed E-state index contributed by atoms with van der Waals surface area (Å²) < 4.78 is 0. The van der Waals surface area contributed by atoms with Crippen molar-refractivity contribution in [1.29, 1.82) is 0 Å². The van der Waals surface area contributed by atoms with E-state index in [2.05, 4.69) is 0 Å². The molecule has 0 saturated heterocycles. The molecule has 210 valence electrons. The molecule has 0 aliphatic heterocycles. The lowest BCUT2D eigenvalue weighted by atomic mass is 10.1. The SMILES string of the molecule is NC(Cc1ccc(O)c(O)c1)C(=O)O.NC(Cc1ccc(O)cc1)C(=O)O.NC(Cc1ccccc1)C(=O)O. The standard InChI is InChI=1S/C9H11NO4.C9H11NO3.C9H11NO2/c10-6(9(13)14)3-5-1-2-7(11)8(12)4-5;10-8(9(12)13)5-6-1-3-7(11)4-2-6;10-8(9(11)12)6-7-4-2-1-3-5-7/h1-2,4,6,11-12H,3,10H2,(H,13,14);1-4,8,11H,5,10H2,(H,12,13);1-5,8H,6,10H2,(H,11,12). The van der Waals surface area contributed by atoms with Crippen LogP contribution < -0.4 is 17.2 Å². The molecule has 0 heterocycles. The molecular formula is C27H33N3O9. The van der Waals surface area contributed by atoms with Crippen molar-refractivity contribution in [3.63, 3.8) is 0 Å². The molecule has 3 aromatic rings. The number of nitrogens with two attached hydrogens (primary N) is 3. The maximum atomic E-state index is 10.4. The van der Waals surface area contributed by atoms with Crippen molar-refractivity contribution in [3.8, 4) is 17.2 Å². The molecule has 0 radical (unpaired) electrons. The summed E-state index contributed by atoms with van der Waals surface area (Å²) in [6, 6.07) is 17.1. The maximum Gasteiger partial charge on any atom is 0.320 e. The van der Waals surface area contributed by atoms with Crippen molar-refractivity contribution in [2.24, 2.45) is 17.2 Å². The Morgan fingerprint density at radius 3 is 1.33 bits per heavy atom. The first-order valence-corrected chi connectivity index (χ1v) is 11.6. The van der Waals surface area contributed by atoms with E-state index in [4.69, 9.17) is 47.8 Å². The summed E-state index contributed by atoms with van der Waals surface area (Å²) in [5.74, 6) is -3.44. The quantitative estimate of drug-likeness (QED) is 0.172. The predicted molar refractivity (Wildman–Crippen MR) is 142 cm³/mol. The number of benzene rings is 3. The lowest BCUT2D eigenvalue weighted by Gasteiger charge is -2.06. The highest BCUT2D eigenvalue weighted by Gasteiger charge is 2.13. The Bertz CT molecular complexity index is 1200. The first kappa shape index (κ1) is 32.4. The Morgan fingerprint density at radius 1 is 0.538 bits per heavy atom. The van der Waals surface area contributed by atoms with Crippen LogP contribution in [0, 0.1) is 0 Å². The van der Waals surface area contributed by atoms with Crippen molar-refractivity contribution in [3.05, 3.63) is 89.5 Å². The van der Waals surface area contributed by atoms with Gasteiger partial charge in [-0.3, -0.25) is 14.4 Å². The smallest absolute Gasteiger partial charge is 0.320 e. The summed E-state index contributed by atoms with van der Waals surface area (Å²) in [4.78, 5) is 31.2. The second kappa shape index (κ2) is 16.2. The fourth-order valence-corrected chi connectivity index (χ4v) is 2.97. The highest BCUT2D eigenvalue weighted by Crippen LogP contribution is 2.25. The Hall–Kier alpha value is -4.65. The molecule has 0 amide bonds. The van der Waals surface area contributed by atoms with Crippen LogP contribution in [-0.4, -0.2) is 66.7 Å². The van der Waals surface area contributed by atoms with Gasteiger partial charge in [0.25, 0.3) is 0 Å². The van der Waals surface area contributed by atoms with Gasteiger partial charge in [-0.25, -0.2) is 0 Å². The molecule has 0 bridgehead atoms. The van der Waals surface area contributed by atoms with Crippen molar-refractivity contribution in [2.75, 3.05) is 0 Å². The third kappa shape index (κ3) is 12.9. The molecule has 0 aliphatic rings. The fourth-order valence-electron chi connectivity index (χ4n) is 2.97. The number of hydrogen-bond acceptors (Lipinski definition) is 9. The summed E-state index contributed by atoms with van der Waals surface area (Å²) in [6.45, 7) is 0. The number of aromatic hydroxyl groups is 3. The van der Waals surface area contributed by atoms with E-state index in [1.165, 1.54) is 30.3 Å². The number of rotatable bonds is 9. The molecule has 3 atom stereocenters. The lowest BCUT2D eigenvalue weighted by molar-refractivity contribution is -0.139. The molecule has 12 nitrogen and oxygen atoms in total. The monoisotopic (exact) mass is 543 g/mol. The zero-order valence-electron chi connectivity index (χ0n) is 20.9. The second-order valence-electron chi connectivity index (χ2n) is 8.42. The number of phenolic OH excluding ortho intramolecular Hbond substituents is 3. The molecule has 39 heavy (non-hydrogen) atoms. The molecule has 12 N–H and O–H groups in total. The van der Waals surface area contributed by atoms with Gasteiger partial charge in [-0.2, -0.15) is 0 Å². The number of aliphatic carboxylic acids is 3. The lowest BCUT2D eigenvalue weighted by Crippen LogP contribution is -2.32. The van der Waals surface area contributed by atoms with Crippen molar-refractivity contribution >= 4 is 17.9 Å². The van der Waals surface area contributed by atoms with E-state index in [0.717, 1.165) is 11.1 Å². The van der Waals surface area contributed by atoms with Gasteiger partial charge < -0.3 is 47.8 Å². The topological polar surface area (TPSA) is 251 Å². The van der Waals surface area contributed by atoms with Gasteiger partial charge in [0.15, 0.2) is 11.5 Å². The van der Waals surface area contributed by atoms with E-state index in [9.17, 15) is 14.4 Å². The summed E-state index contributed by atoms with van der Waals surface area (Å²) in [7, 11) is 0. The number of carbonyl (C=O) groups is 3. The first-order chi connectivity index (χ1) is 18.3. The van der Waals surface area contributed by atoms with Gasteiger partial charge in [-0.05, 0) is 60.2 Å². The molecule has 3 aromatic carbocycles. The van der Waals surface area contributed by atoms with Crippen LogP contribution in [0.5, 0.6) is 17.2 Å². The number of carboxylic acid groups (broad SMARTS) is 3. The van der Waals surface area contributed by atoms with Crippen LogP contribution in [0.25, 0.3) is 0 Å². The van der Waals surface area contributed by atoms with Gasteiger partial charge in [0, 0.05) is 0 Å². The molecular weight excluding hydrogens is 510 g/mol. The molecule has 0 spiro atoms. The van der Waals surface area contributed by atoms with Gasteiger partial charge in [-0.1, -0.05) is 48.5 Å². The normalized spacial score (nSPS) is 12.4. The summed E-state index contributed by atoms with van der Waals surface area (Å²) >= 11 is 0. The van der Waals surface area contributed by atoms with Crippen molar-refractivity contribution in [1.82, 2.24) is 0 Å². The van der Waals surface area contributed by atoms with Crippen LogP contribution in [0.3, 0.4) is 0 Å². The number of phenols is 3. The first-order valence-electron chi connectivity index (χ1n) is 11.6. The van der Waals surface area contributed by atoms with Crippen LogP contribution in [0.1, 0.15) is 16.7 Å². The summed E-state index contributed by atoms with van der Waals surface area (Å²) in [6.07, 6.45) is 0.773. The Kier molecular flexibility index (Phi) is 13.5. The molecule has 0 saturated carbocycles. The molecule has 3 rings (SSSR count). The van der Waals surface area contributed by atoms with E-state index in [0.29, 0.717) is 12.0 Å². The van der Waals surface area contributed by atoms with E-state index >= 15 is 0 Å². The van der Waals surface area contributed by atoms with Crippen LogP contribution >= 0.6 is 0 Å². The Morgan fingerprint density at radius 2 is 0.923 bits per heavy atom. The minimum absolute atomic E-state index is 0.114. The largest absolute Gasteiger partial charge is 0.508 e. The Balaban J connectivity index is 0.000000293. The molecule has 0 aliphatic carbocycles. The van der Waals surface area contributed by atoms with Crippen LogP contribution in [-0.2, 0) is 33.6 Å². The third-order valence-corrected chi connectivity index (χ3v) is 5.14. The minimum Gasteiger partial charge on any atom is -0.508 e. The molecule has 3 unspecified atom stereocenters. The number of carboxylic acids is 3. The highest BCUT2D eigenvalue weighted by atomic mass is 16.4. The van der Waals surface area contributed by atoms with E-state index in [1.807, 2.05) is 30.3 Å². The van der Waals surface area contributed by atoms with E-state index in [1.54, 1.807) is 12.1 Å². The molecule has 12 heteroatoms. The zero-order valence-corrected chi connectivity index (χ0v) is 20.9. The van der Waals surface area contributed by atoms with Gasteiger partial charge in [0.1, 0.15) is 23.9 Å². The van der Waals surface area contributed by atoms with Crippen molar-refractivity contribution in [2.45, 2.75) is 37.4 Å². The molecule has 0 aromatic heterocycles. The van der Waals surface area contributed by atoms with Crippen LogP contribution in [0.4, 0.5) is 0 Å².